The van der Waals surface area contributed by atoms with Crippen LogP contribution in [0.2, 0.25) is 0 Å². The summed E-state index contributed by atoms with van der Waals surface area (Å²) < 4.78 is 1.52. The first-order valence-electron chi connectivity index (χ1n) is 7.32. The number of benzene rings is 2. The zero-order chi connectivity index (χ0) is 16.6. The molecule has 5 nitrogen and oxygen atoms in total. The Morgan fingerprint density at radius 2 is 1.74 bits per heavy atom. The third kappa shape index (κ3) is 2.44. The maximum atomic E-state index is 9.26. The van der Waals surface area contributed by atoms with Crippen LogP contribution in [-0.2, 0) is 0 Å². The summed E-state index contributed by atoms with van der Waals surface area (Å²) in [4.78, 5) is 0. The van der Waals surface area contributed by atoms with Crippen LogP contribution in [0, 0.1) is 32.1 Å². The van der Waals surface area contributed by atoms with Crippen LogP contribution in [0.3, 0.4) is 0 Å². The molecule has 114 valence electrons. The predicted octanol–water partition coefficient (Wildman–Crippen LogP) is 3.31. The maximum Gasteiger partial charge on any atom is 0.155 e. The highest BCUT2D eigenvalue weighted by atomic mass is 15.5. The molecule has 3 rings (SSSR count). The Bertz CT molecular complexity index is 908. The zero-order valence-corrected chi connectivity index (χ0v) is 13.3. The largest absolute Gasteiger partial charge is 0.382 e. The fourth-order valence-electron chi connectivity index (χ4n) is 2.95. The third-order valence-corrected chi connectivity index (χ3v) is 3.87. The van der Waals surface area contributed by atoms with Gasteiger partial charge in [0.15, 0.2) is 5.82 Å². The van der Waals surface area contributed by atoms with Crippen LogP contribution in [-0.4, -0.2) is 15.0 Å². The van der Waals surface area contributed by atoms with E-state index in [9.17, 15) is 5.26 Å². The molecular formula is C18H17N5. The molecule has 0 atom stereocenters. The van der Waals surface area contributed by atoms with Gasteiger partial charge in [-0.15, -0.1) is 5.10 Å². The Hall–Kier alpha value is -3.13. The van der Waals surface area contributed by atoms with Crippen molar-refractivity contribution in [2.75, 3.05) is 5.73 Å². The highest BCUT2D eigenvalue weighted by Crippen LogP contribution is 2.32. The summed E-state index contributed by atoms with van der Waals surface area (Å²) in [6.07, 6.45) is 0. The minimum absolute atomic E-state index is 0.433. The van der Waals surface area contributed by atoms with Gasteiger partial charge in [-0.3, -0.25) is 0 Å². The van der Waals surface area contributed by atoms with Crippen molar-refractivity contribution in [3.8, 4) is 23.0 Å². The number of anilines is 1. The Morgan fingerprint density at radius 1 is 1.09 bits per heavy atom. The van der Waals surface area contributed by atoms with Crippen molar-refractivity contribution in [2.24, 2.45) is 0 Å². The fraction of sp³-hybridized carbons (Fsp3) is 0.167. The van der Waals surface area contributed by atoms with Gasteiger partial charge in [-0.25, -0.2) is 0 Å². The second-order valence-electron chi connectivity index (χ2n) is 5.64. The third-order valence-electron chi connectivity index (χ3n) is 3.87. The van der Waals surface area contributed by atoms with Crippen LogP contribution >= 0.6 is 0 Å². The van der Waals surface area contributed by atoms with E-state index in [2.05, 4.69) is 35.4 Å². The van der Waals surface area contributed by atoms with E-state index in [1.807, 2.05) is 32.0 Å². The summed E-state index contributed by atoms with van der Waals surface area (Å²) in [5, 5.41) is 17.7. The van der Waals surface area contributed by atoms with Gasteiger partial charge < -0.3 is 5.73 Å². The number of nitrogens with zero attached hydrogens (tertiary/aromatic N) is 4. The van der Waals surface area contributed by atoms with Crippen LogP contribution < -0.4 is 5.73 Å². The van der Waals surface area contributed by atoms with Gasteiger partial charge in [-0.1, -0.05) is 35.0 Å². The van der Waals surface area contributed by atoms with Gasteiger partial charge in [-0.05, 0) is 44.0 Å². The van der Waals surface area contributed by atoms with Gasteiger partial charge in [0.05, 0.1) is 11.3 Å². The van der Waals surface area contributed by atoms with Crippen LogP contribution in [0.15, 0.2) is 36.4 Å². The SMILES string of the molecule is Cc1cc(C)c(-c2nnn(-c3ccccc3C#N)c2N)c(C)c1. The molecule has 0 amide bonds. The summed E-state index contributed by atoms with van der Waals surface area (Å²) >= 11 is 0. The second kappa shape index (κ2) is 5.58. The van der Waals surface area contributed by atoms with Gasteiger partial charge in [0.2, 0.25) is 0 Å². The van der Waals surface area contributed by atoms with Crippen LogP contribution in [0.4, 0.5) is 5.82 Å². The molecule has 1 heterocycles. The Morgan fingerprint density at radius 3 is 2.39 bits per heavy atom. The van der Waals surface area contributed by atoms with Crippen molar-refractivity contribution >= 4 is 5.82 Å². The van der Waals surface area contributed by atoms with Crippen molar-refractivity contribution < 1.29 is 0 Å². The summed E-state index contributed by atoms with van der Waals surface area (Å²) in [6, 6.07) is 13.6. The summed E-state index contributed by atoms with van der Waals surface area (Å²) in [5.41, 5.74) is 12.5. The summed E-state index contributed by atoms with van der Waals surface area (Å²) in [7, 11) is 0. The monoisotopic (exact) mass is 303 g/mol. The second-order valence-corrected chi connectivity index (χ2v) is 5.64. The lowest BCUT2D eigenvalue weighted by Crippen LogP contribution is -2.04. The molecule has 5 heteroatoms. The molecule has 0 fully saturated rings. The Labute approximate surface area is 135 Å². The number of hydrogen-bond donors (Lipinski definition) is 1. The number of hydrogen-bond acceptors (Lipinski definition) is 4. The van der Waals surface area contributed by atoms with E-state index in [1.165, 1.54) is 10.2 Å². The molecule has 3 aromatic rings. The van der Waals surface area contributed by atoms with Gasteiger partial charge in [-0.2, -0.15) is 9.94 Å². The topological polar surface area (TPSA) is 80.5 Å². The molecule has 0 spiro atoms. The lowest BCUT2D eigenvalue weighted by atomic mass is 9.97. The van der Waals surface area contributed by atoms with E-state index in [0.29, 0.717) is 22.8 Å². The normalized spacial score (nSPS) is 10.5. The molecule has 23 heavy (non-hydrogen) atoms. The molecule has 0 aliphatic rings. The molecule has 0 bridgehead atoms. The van der Waals surface area contributed by atoms with E-state index in [0.717, 1.165) is 16.7 Å². The molecular weight excluding hydrogens is 286 g/mol. The minimum Gasteiger partial charge on any atom is -0.382 e. The lowest BCUT2D eigenvalue weighted by molar-refractivity contribution is 0.808. The van der Waals surface area contributed by atoms with E-state index in [1.54, 1.807) is 6.07 Å². The van der Waals surface area contributed by atoms with Crippen LogP contribution in [0.1, 0.15) is 22.3 Å². The number of aromatic nitrogens is 3. The van der Waals surface area contributed by atoms with Gasteiger partial charge in [0.1, 0.15) is 11.8 Å². The number of nitriles is 1. The van der Waals surface area contributed by atoms with Gasteiger partial charge >= 0.3 is 0 Å². The number of nitrogens with two attached hydrogens (primary N) is 1. The van der Waals surface area contributed by atoms with E-state index in [4.69, 9.17) is 5.73 Å². The first kappa shape index (κ1) is 14.8. The highest BCUT2D eigenvalue weighted by Gasteiger charge is 2.18. The average Bonchev–Trinajstić information content (AvgIpc) is 2.88. The standard InChI is InChI=1S/C18H17N5/c1-11-8-12(2)16(13(3)9-11)17-18(20)23(22-21-17)15-7-5-4-6-14(15)10-19/h4-9H,20H2,1-3H3. The quantitative estimate of drug-likeness (QED) is 0.787. The van der Waals surface area contributed by atoms with Crippen molar-refractivity contribution in [3.05, 3.63) is 58.7 Å². The summed E-state index contributed by atoms with van der Waals surface area (Å²) in [6.45, 7) is 6.14. The summed E-state index contributed by atoms with van der Waals surface area (Å²) in [5.74, 6) is 0.433. The van der Waals surface area contributed by atoms with E-state index in [-0.39, 0.29) is 0 Å². The molecule has 0 unspecified atom stereocenters. The minimum atomic E-state index is 0.433. The molecule has 2 N–H and O–H groups in total. The molecule has 0 radical (unpaired) electrons. The first-order chi connectivity index (χ1) is 11.0. The van der Waals surface area contributed by atoms with Crippen molar-refractivity contribution in [1.82, 2.24) is 15.0 Å². The predicted molar refractivity (Wildman–Crippen MR) is 90.1 cm³/mol. The molecule has 0 saturated heterocycles. The zero-order valence-electron chi connectivity index (χ0n) is 13.3. The fourth-order valence-corrected chi connectivity index (χ4v) is 2.95. The van der Waals surface area contributed by atoms with Crippen LogP contribution in [0.25, 0.3) is 16.9 Å². The van der Waals surface area contributed by atoms with E-state index < -0.39 is 0 Å². The smallest absolute Gasteiger partial charge is 0.155 e. The van der Waals surface area contributed by atoms with Gasteiger partial charge in [0.25, 0.3) is 0 Å². The van der Waals surface area contributed by atoms with Crippen molar-refractivity contribution in [3.63, 3.8) is 0 Å². The number of nitrogen functional groups attached to an aromatic ring is 1. The maximum absolute atomic E-state index is 9.26. The Kier molecular flexibility index (Phi) is 3.59. The molecule has 0 aliphatic heterocycles. The lowest BCUT2D eigenvalue weighted by Gasteiger charge is -2.10. The molecule has 1 aromatic heterocycles. The Balaban J connectivity index is 2.20. The molecule has 0 saturated carbocycles. The number of aryl methyl sites for hydroxylation is 3. The first-order valence-corrected chi connectivity index (χ1v) is 7.32. The van der Waals surface area contributed by atoms with E-state index >= 15 is 0 Å². The van der Waals surface area contributed by atoms with Crippen LogP contribution in [0.5, 0.6) is 0 Å². The number of para-hydroxylation sites is 1. The van der Waals surface area contributed by atoms with Gasteiger partial charge in [0, 0.05) is 5.56 Å². The van der Waals surface area contributed by atoms with Crippen molar-refractivity contribution in [2.45, 2.75) is 20.8 Å². The highest BCUT2D eigenvalue weighted by molar-refractivity contribution is 5.76. The molecule has 2 aromatic carbocycles. The average molecular weight is 303 g/mol. The molecule has 0 aliphatic carbocycles. The van der Waals surface area contributed by atoms with Crippen molar-refractivity contribution in [1.29, 1.82) is 5.26 Å². The number of rotatable bonds is 2.